The molecule has 2 amide bonds. The first-order chi connectivity index (χ1) is 17.4. The number of amides is 2. The summed E-state index contributed by atoms with van der Waals surface area (Å²) < 4.78 is 42.1. The van der Waals surface area contributed by atoms with Crippen molar-refractivity contribution in [1.29, 1.82) is 5.26 Å². The van der Waals surface area contributed by atoms with Gasteiger partial charge in [0.15, 0.2) is 11.6 Å². The Balaban J connectivity index is 1.99. The van der Waals surface area contributed by atoms with Gasteiger partial charge in [0.1, 0.15) is 23.7 Å². The van der Waals surface area contributed by atoms with Crippen LogP contribution >= 0.6 is 0 Å². The molecule has 36 heavy (non-hydrogen) atoms. The van der Waals surface area contributed by atoms with Crippen LogP contribution in [0.15, 0.2) is 6.07 Å². The van der Waals surface area contributed by atoms with E-state index in [1.165, 1.54) is 4.57 Å². The average molecular weight is 506 g/mol. The van der Waals surface area contributed by atoms with Crippen LogP contribution in [0.2, 0.25) is 0 Å². The molecule has 0 radical (unpaired) electrons. The molecular formula is C25H33F2N5O4. The highest BCUT2D eigenvalue weighted by atomic mass is 19.1. The van der Waals surface area contributed by atoms with E-state index in [1.807, 2.05) is 13.8 Å². The maximum absolute atomic E-state index is 15.2. The van der Waals surface area contributed by atoms with Crippen LogP contribution in [0.4, 0.5) is 19.5 Å². The third-order valence-corrected chi connectivity index (χ3v) is 6.11. The molecule has 9 nitrogen and oxygen atoms in total. The lowest BCUT2D eigenvalue weighted by Crippen LogP contribution is -2.42. The van der Waals surface area contributed by atoms with Crippen molar-refractivity contribution in [1.82, 2.24) is 14.5 Å². The minimum Gasteiger partial charge on any atom is -0.447 e. The summed E-state index contributed by atoms with van der Waals surface area (Å²) in [6, 6.07) is 2.42. The van der Waals surface area contributed by atoms with Crippen molar-refractivity contribution in [3.8, 4) is 6.07 Å². The second kappa shape index (κ2) is 13.3. The number of benzene rings is 1. The standard InChI is InChI=1S/C25H33F2N5O4/c1-3-5-7-8-20(33)32(25(34)36-15-12-30-10-13-35-14-11-30)24-29-22-19(26)16-18(17-28)21(27)23(22)31(24)9-6-4-2/h16H,3-15H2,1-2H3. The van der Waals surface area contributed by atoms with E-state index in [2.05, 4.69) is 9.88 Å². The zero-order valence-electron chi connectivity index (χ0n) is 20.9. The van der Waals surface area contributed by atoms with Gasteiger partial charge in [0.25, 0.3) is 0 Å². The molecule has 0 atom stereocenters. The zero-order chi connectivity index (χ0) is 26.1. The highest BCUT2D eigenvalue weighted by Gasteiger charge is 2.32. The van der Waals surface area contributed by atoms with Crippen LogP contribution in [0, 0.1) is 23.0 Å². The third-order valence-electron chi connectivity index (χ3n) is 6.11. The SMILES string of the molecule is CCCCCC(=O)N(C(=O)OCCN1CCOCC1)c1nc2c(F)cc(C#N)c(F)c2n1CCCC. The number of hydrogen-bond acceptors (Lipinski definition) is 7. The van der Waals surface area contributed by atoms with E-state index in [0.29, 0.717) is 45.7 Å². The summed E-state index contributed by atoms with van der Waals surface area (Å²) in [5, 5.41) is 9.25. The van der Waals surface area contributed by atoms with Crippen molar-refractivity contribution >= 4 is 29.0 Å². The van der Waals surface area contributed by atoms with E-state index < -0.39 is 29.2 Å². The van der Waals surface area contributed by atoms with Crippen LogP contribution in [-0.2, 0) is 20.8 Å². The number of nitriles is 1. The summed E-state index contributed by atoms with van der Waals surface area (Å²) >= 11 is 0. The molecule has 0 bridgehead atoms. The molecule has 0 spiro atoms. The zero-order valence-corrected chi connectivity index (χ0v) is 20.9. The molecule has 196 valence electrons. The number of imidazole rings is 1. The molecule has 0 unspecified atom stereocenters. The number of fused-ring (bicyclic) bond motifs is 1. The monoisotopic (exact) mass is 505 g/mol. The summed E-state index contributed by atoms with van der Waals surface area (Å²) in [6.45, 7) is 7.20. The molecule has 0 N–H and O–H groups in total. The molecule has 0 aliphatic carbocycles. The summed E-state index contributed by atoms with van der Waals surface area (Å²) in [7, 11) is 0. The Bertz CT molecular complexity index is 1110. The topological polar surface area (TPSA) is 101 Å². The van der Waals surface area contributed by atoms with Crippen molar-refractivity contribution < 1.29 is 27.8 Å². The van der Waals surface area contributed by atoms with Gasteiger partial charge < -0.3 is 14.0 Å². The Morgan fingerprint density at radius 3 is 2.56 bits per heavy atom. The molecule has 1 saturated heterocycles. The van der Waals surface area contributed by atoms with E-state index in [1.54, 1.807) is 6.07 Å². The van der Waals surface area contributed by atoms with Crippen molar-refractivity contribution in [3.63, 3.8) is 0 Å². The minimum absolute atomic E-state index is 0.0358. The minimum atomic E-state index is -0.945. The fourth-order valence-corrected chi connectivity index (χ4v) is 4.08. The van der Waals surface area contributed by atoms with E-state index in [9.17, 15) is 19.2 Å². The van der Waals surface area contributed by atoms with Gasteiger partial charge in [-0.3, -0.25) is 9.69 Å². The lowest BCUT2D eigenvalue weighted by molar-refractivity contribution is -0.118. The maximum atomic E-state index is 15.2. The largest absolute Gasteiger partial charge is 0.447 e. The number of rotatable bonds is 11. The Labute approximate surface area is 209 Å². The van der Waals surface area contributed by atoms with Gasteiger partial charge in [-0.15, -0.1) is 0 Å². The van der Waals surface area contributed by atoms with E-state index in [0.717, 1.165) is 30.2 Å². The number of aromatic nitrogens is 2. The highest BCUT2D eigenvalue weighted by Crippen LogP contribution is 2.30. The van der Waals surface area contributed by atoms with Crippen molar-refractivity contribution in [3.05, 3.63) is 23.3 Å². The maximum Gasteiger partial charge on any atom is 0.423 e. The summed E-state index contributed by atoms with van der Waals surface area (Å²) in [6.07, 6.45) is 2.59. The van der Waals surface area contributed by atoms with Gasteiger partial charge in [-0.1, -0.05) is 33.1 Å². The number of carbonyl (C=O) groups is 2. The molecule has 1 aliphatic heterocycles. The lowest BCUT2D eigenvalue weighted by atomic mass is 10.2. The van der Waals surface area contributed by atoms with Crippen molar-refractivity contribution in [2.24, 2.45) is 0 Å². The number of ether oxygens (including phenoxy) is 2. The Hall–Kier alpha value is -3.10. The summed E-state index contributed by atoms with van der Waals surface area (Å²) in [4.78, 5) is 33.5. The van der Waals surface area contributed by atoms with Gasteiger partial charge in [-0.25, -0.2) is 18.6 Å². The Morgan fingerprint density at radius 2 is 1.89 bits per heavy atom. The molecule has 1 aromatic heterocycles. The van der Waals surface area contributed by atoms with Gasteiger partial charge in [0.2, 0.25) is 11.9 Å². The van der Waals surface area contributed by atoms with Crippen molar-refractivity contribution in [2.45, 2.75) is 58.9 Å². The molecule has 2 aromatic rings. The first-order valence-corrected chi connectivity index (χ1v) is 12.5. The summed E-state index contributed by atoms with van der Waals surface area (Å²) in [5.41, 5.74) is -1.06. The number of nitrogens with zero attached hydrogens (tertiary/aromatic N) is 5. The smallest absolute Gasteiger partial charge is 0.423 e. The number of anilines is 1. The van der Waals surface area contributed by atoms with Crippen LogP contribution in [0.5, 0.6) is 0 Å². The second-order valence-corrected chi connectivity index (χ2v) is 8.70. The molecular weight excluding hydrogens is 472 g/mol. The summed E-state index contributed by atoms with van der Waals surface area (Å²) in [5.74, 6) is -2.61. The first-order valence-electron chi connectivity index (χ1n) is 12.5. The average Bonchev–Trinajstić information content (AvgIpc) is 3.25. The molecule has 1 aliphatic rings. The van der Waals surface area contributed by atoms with Crippen molar-refractivity contribution in [2.75, 3.05) is 44.4 Å². The Morgan fingerprint density at radius 1 is 1.17 bits per heavy atom. The molecule has 0 saturated carbocycles. The molecule has 11 heteroatoms. The number of halogens is 2. The molecule has 2 heterocycles. The number of imide groups is 1. The molecule has 1 aromatic carbocycles. The number of aryl methyl sites for hydroxylation is 1. The number of hydrogen-bond donors (Lipinski definition) is 0. The molecule has 1 fully saturated rings. The van der Waals surface area contributed by atoms with Gasteiger partial charge in [0, 0.05) is 32.6 Å². The molecule has 3 rings (SSSR count). The number of unbranched alkanes of at least 4 members (excludes halogenated alkanes) is 3. The normalized spacial score (nSPS) is 14.1. The fourth-order valence-electron chi connectivity index (χ4n) is 4.08. The first kappa shape index (κ1) is 27.5. The van der Waals surface area contributed by atoms with Crippen LogP contribution < -0.4 is 4.90 Å². The van der Waals surface area contributed by atoms with Gasteiger partial charge in [-0.05, 0) is 18.9 Å². The van der Waals surface area contributed by atoms with Gasteiger partial charge >= 0.3 is 6.09 Å². The van der Waals surface area contributed by atoms with Crippen LogP contribution in [0.25, 0.3) is 11.0 Å². The van der Waals surface area contributed by atoms with Gasteiger partial charge in [-0.2, -0.15) is 10.2 Å². The van der Waals surface area contributed by atoms with Crippen LogP contribution in [0.1, 0.15) is 57.9 Å². The predicted octanol–water partition coefficient (Wildman–Crippen LogP) is 4.37. The quantitative estimate of drug-likeness (QED) is 0.418. The predicted molar refractivity (Wildman–Crippen MR) is 130 cm³/mol. The van der Waals surface area contributed by atoms with E-state index >= 15 is 4.39 Å². The third kappa shape index (κ3) is 6.36. The van der Waals surface area contributed by atoms with Gasteiger partial charge in [0.05, 0.1) is 18.8 Å². The second-order valence-electron chi connectivity index (χ2n) is 8.70. The van der Waals surface area contributed by atoms with E-state index in [-0.39, 0.29) is 36.6 Å². The van der Waals surface area contributed by atoms with Crippen LogP contribution in [-0.4, -0.2) is 65.9 Å². The Kier molecular flexibility index (Phi) is 10.1. The highest BCUT2D eigenvalue weighted by molar-refractivity contribution is 6.11. The number of morpholine rings is 1. The fraction of sp³-hybridized carbons (Fsp3) is 0.600. The van der Waals surface area contributed by atoms with Crippen LogP contribution in [0.3, 0.4) is 0 Å². The van der Waals surface area contributed by atoms with E-state index in [4.69, 9.17) is 9.47 Å². The number of carbonyl (C=O) groups excluding carboxylic acids is 2. The lowest BCUT2D eigenvalue weighted by Gasteiger charge is -2.27.